The third kappa shape index (κ3) is 2.29. The van der Waals surface area contributed by atoms with Crippen LogP contribution in [0.3, 0.4) is 0 Å². The SMILES string of the molecule is CCSCC1=CS1. The van der Waals surface area contributed by atoms with Crippen LogP contribution in [0, 0.1) is 0 Å². The first-order valence-corrected chi connectivity index (χ1v) is 4.40. The van der Waals surface area contributed by atoms with Gasteiger partial charge in [0.1, 0.15) is 0 Å². The van der Waals surface area contributed by atoms with Gasteiger partial charge < -0.3 is 0 Å². The minimum Gasteiger partial charge on any atom is -0.157 e. The van der Waals surface area contributed by atoms with Gasteiger partial charge in [-0.15, -0.1) is 11.8 Å². The normalized spacial score (nSPS) is 16.4. The largest absolute Gasteiger partial charge is 0.157 e. The van der Waals surface area contributed by atoms with E-state index < -0.39 is 0 Å². The second kappa shape index (κ2) is 2.68. The van der Waals surface area contributed by atoms with Crippen LogP contribution in [0.15, 0.2) is 10.3 Å². The molecule has 0 aromatic rings. The Balaban J connectivity index is 1.89. The lowest BCUT2D eigenvalue weighted by atomic mass is 10.8. The maximum Gasteiger partial charge on any atom is 0.0253 e. The number of thioether (sulfide) groups is 2. The highest BCUT2D eigenvalue weighted by atomic mass is 32.2. The van der Waals surface area contributed by atoms with Crippen molar-refractivity contribution in [3.8, 4) is 0 Å². The molecule has 0 aromatic carbocycles. The zero-order valence-electron chi connectivity index (χ0n) is 4.31. The maximum absolute atomic E-state index is 2.21. The summed E-state index contributed by atoms with van der Waals surface area (Å²) in [5.41, 5.74) is 0. The van der Waals surface area contributed by atoms with Gasteiger partial charge in [-0.25, -0.2) is 0 Å². The zero-order chi connectivity index (χ0) is 5.11. The van der Waals surface area contributed by atoms with Crippen molar-refractivity contribution in [3.63, 3.8) is 0 Å². The molecule has 7 heavy (non-hydrogen) atoms. The highest BCUT2D eigenvalue weighted by molar-refractivity contribution is 8.13. The van der Waals surface area contributed by atoms with Crippen LogP contribution in [0.1, 0.15) is 6.92 Å². The van der Waals surface area contributed by atoms with E-state index in [1.165, 1.54) is 11.5 Å². The second-order valence-electron chi connectivity index (χ2n) is 1.34. The third-order valence-electron chi connectivity index (χ3n) is 0.733. The molecule has 1 aliphatic heterocycles. The fourth-order valence-corrected chi connectivity index (χ4v) is 1.60. The lowest BCUT2D eigenvalue weighted by Gasteiger charge is -1.85. The molecule has 0 aliphatic carbocycles. The summed E-state index contributed by atoms with van der Waals surface area (Å²) < 4.78 is 0. The van der Waals surface area contributed by atoms with Crippen LogP contribution in [0.4, 0.5) is 0 Å². The van der Waals surface area contributed by atoms with Crippen LogP contribution < -0.4 is 0 Å². The summed E-state index contributed by atoms with van der Waals surface area (Å²) in [7, 11) is 0. The predicted molar refractivity (Wildman–Crippen MR) is 38.7 cm³/mol. The Bertz CT molecular complexity index is 86.1. The highest BCUT2D eigenvalue weighted by Crippen LogP contribution is 2.36. The van der Waals surface area contributed by atoms with E-state index in [1.54, 1.807) is 4.91 Å². The summed E-state index contributed by atoms with van der Waals surface area (Å²) in [5.74, 6) is 2.50. The lowest BCUT2D eigenvalue weighted by Crippen LogP contribution is -1.70. The molecule has 0 saturated carbocycles. The van der Waals surface area contributed by atoms with E-state index in [1.807, 2.05) is 23.5 Å². The quantitative estimate of drug-likeness (QED) is 0.578. The van der Waals surface area contributed by atoms with Crippen molar-refractivity contribution >= 4 is 23.5 Å². The van der Waals surface area contributed by atoms with Gasteiger partial charge in [0.2, 0.25) is 0 Å². The number of hydrogen-bond donors (Lipinski definition) is 0. The molecule has 40 valence electrons. The van der Waals surface area contributed by atoms with E-state index in [0.29, 0.717) is 0 Å². The van der Waals surface area contributed by atoms with Gasteiger partial charge in [-0.3, -0.25) is 0 Å². The van der Waals surface area contributed by atoms with E-state index in [9.17, 15) is 0 Å². The first kappa shape index (κ1) is 5.57. The Morgan fingerprint density at radius 2 is 2.57 bits per heavy atom. The fourth-order valence-electron chi connectivity index (χ4n) is 0.312. The summed E-state index contributed by atoms with van der Waals surface area (Å²) in [6, 6.07) is 0. The van der Waals surface area contributed by atoms with Gasteiger partial charge in [-0.05, 0) is 11.2 Å². The van der Waals surface area contributed by atoms with Gasteiger partial charge in [0.25, 0.3) is 0 Å². The Kier molecular flexibility index (Phi) is 2.13. The van der Waals surface area contributed by atoms with Crippen LogP contribution in [0.5, 0.6) is 0 Å². The summed E-state index contributed by atoms with van der Waals surface area (Å²) in [5, 5.41) is 2.21. The Hall–Kier alpha value is 0.440. The molecule has 2 heteroatoms. The van der Waals surface area contributed by atoms with Gasteiger partial charge in [-0.2, -0.15) is 11.8 Å². The minimum atomic E-state index is 1.25. The van der Waals surface area contributed by atoms with Crippen LogP contribution >= 0.6 is 23.5 Å². The van der Waals surface area contributed by atoms with E-state index in [-0.39, 0.29) is 0 Å². The Morgan fingerprint density at radius 3 is 3.00 bits per heavy atom. The van der Waals surface area contributed by atoms with Crippen molar-refractivity contribution in [2.75, 3.05) is 11.5 Å². The molecule has 0 N–H and O–H groups in total. The molecule has 0 aromatic heterocycles. The monoisotopic (exact) mass is 132 g/mol. The molecule has 0 spiro atoms. The first-order chi connectivity index (χ1) is 3.43. The zero-order valence-corrected chi connectivity index (χ0v) is 5.94. The van der Waals surface area contributed by atoms with E-state index in [4.69, 9.17) is 0 Å². The van der Waals surface area contributed by atoms with E-state index >= 15 is 0 Å². The van der Waals surface area contributed by atoms with Crippen LogP contribution in [-0.4, -0.2) is 11.5 Å². The van der Waals surface area contributed by atoms with Crippen LogP contribution in [0.2, 0.25) is 0 Å². The van der Waals surface area contributed by atoms with Crippen molar-refractivity contribution in [2.24, 2.45) is 0 Å². The fraction of sp³-hybridized carbons (Fsp3) is 0.600. The minimum absolute atomic E-state index is 1.25. The molecular weight excluding hydrogens is 124 g/mol. The average Bonchev–Trinajstić information content (AvgIpc) is 2.42. The molecule has 1 rings (SSSR count). The topological polar surface area (TPSA) is 0 Å². The van der Waals surface area contributed by atoms with Crippen molar-refractivity contribution in [2.45, 2.75) is 6.92 Å². The van der Waals surface area contributed by atoms with Gasteiger partial charge in [-0.1, -0.05) is 6.92 Å². The molecule has 0 radical (unpaired) electrons. The lowest BCUT2D eigenvalue weighted by molar-refractivity contribution is 1.52. The molecule has 1 heterocycles. The molecule has 0 fully saturated rings. The predicted octanol–water partition coefficient (Wildman–Crippen LogP) is 2.33. The smallest absolute Gasteiger partial charge is 0.0253 e. The molecule has 0 bridgehead atoms. The van der Waals surface area contributed by atoms with Crippen LogP contribution in [-0.2, 0) is 0 Å². The Labute approximate surface area is 52.7 Å². The summed E-state index contributed by atoms with van der Waals surface area (Å²) >= 11 is 3.87. The van der Waals surface area contributed by atoms with Crippen molar-refractivity contribution in [1.82, 2.24) is 0 Å². The van der Waals surface area contributed by atoms with Gasteiger partial charge >= 0.3 is 0 Å². The third-order valence-corrected chi connectivity index (χ3v) is 2.55. The molecule has 0 nitrogen and oxygen atoms in total. The van der Waals surface area contributed by atoms with Crippen molar-refractivity contribution < 1.29 is 0 Å². The van der Waals surface area contributed by atoms with Crippen molar-refractivity contribution in [1.29, 1.82) is 0 Å². The number of hydrogen-bond acceptors (Lipinski definition) is 2. The summed E-state index contributed by atoms with van der Waals surface area (Å²) in [4.78, 5) is 1.56. The molecular formula is C5H8S2. The average molecular weight is 132 g/mol. The number of rotatable bonds is 3. The van der Waals surface area contributed by atoms with Crippen LogP contribution in [0.25, 0.3) is 0 Å². The highest BCUT2D eigenvalue weighted by Gasteiger charge is 2.05. The van der Waals surface area contributed by atoms with Gasteiger partial charge in [0.05, 0.1) is 0 Å². The molecule has 1 aliphatic rings. The van der Waals surface area contributed by atoms with Gasteiger partial charge in [0, 0.05) is 10.7 Å². The standard InChI is InChI=1S/C5H8S2/c1-2-6-3-5-4-7-5/h4H,2-3H2,1H3. The van der Waals surface area contributed by atoms with E-state index in [0.717, 1.165) is 0 Å². The first-order valence-electron chi connectivity index (χ1n) is 2.37. The second-order valence-corrected chi connectivity index (χ2v) is 3.61. The van der Waals surface area contributed by atoms with E-state index in [2.05, 4.69) is 12.3 Å². The van der Waals surface area contributed by atoms with Gasteiger partial charge in [0.15, 0.2) is 0 Å². The summed E-state index contributed by atoms with van der Waals surface area (Å²) in [6.45, 7) is 2.19. The van der Waals surface area contributed by atoms with Crippen molar-refractivity contribution in [3.05, 3.63) is 10.3 Å². The maximum atomic E-state index is 2.21. The molecule has 0 unspecified atom stereocenters. The molecule has 0 saturated heterocycles. The Morgan fingerprint density at radius 1 is 1.86 bits per heavy atom. The molecule has 0 amide bonds. The molecule has 0 atom stereocenters. The summed E-state index contributed by atoms with van der Waals surface area (Å²) in [6.07, 6.45) is 0.